The lowest BCUT2D eigenvalue weighted by atomic mass is 10.1. The van der Waals surface area contributed by atoms with Crippen molar-refractivity contribution in [2.45, 2.75) is 31.9 Å². The van der Waals surface area contributed by atoms with Crippen LogP contribution in [0.4, 0.5) is 5.69 Å². The molecular formula is C21H22N2O3. The van der Waals surface area contributed by atoms with E-state index in [-0.39, 0.29) is 17.9 Å². The number of hydrogen-bond acceptors (Lipinski definition) is 3. The number of fused-ring (bicyclic) bond motifs is 1. The van der Waals surface area contributed by atoms with Crippen molar-refractivity contribution in [3.05, 3.63) is 65.2 Å². The molecule has 0 bridgehead atoms. The fourth-order valence-corrected chi connectivity index (χ4v) is 3.58. The number of nitrogens with zero attached hydrogens (tertiary/aromatic N) is 1. The Morgan fingerprint density at radius 1 is 1.19 bits per heavy atom. The van der Waals surface area contributed by atoms with E-state index in [1.165, 1.54) is 0 Å². The topological polar surface area (TPSA) is 58.6 Å². The Bertz CT molecular complexity index is 813. The van der Waals surface area contributed by atoms with Crippen LogP contribution in [0, 0.1) is 0 Å². The summed E-state index contributed by atoms with van der Waals surface area (Å²) in [4.78, 5) is 26.6. The highest BCUT2D eigenvalue weighted by molar-refractivity contribution is 6.03. The molecule has 2 aliphatic rings. The molecule has 2 heterocycles. The SMILES string of the molecule is O=C(NC[C@@H]1CCCO1)c1ccc2c(c1)CC(=O)N2Cc1ccccc1. The molecule has 2 aromatic carbocycles. The summed E-state index contributed by atoms with van der Waals surface area (Å²) in [5.41, 5.74) is 3.49. The third-order valence-corrected chi connectivity index (χ3v) is 4.97. The van der Waals surface area contributed by atoms with E-state index >= 15 is 0 Å². The average molecular weight is 350 g/mol. The third-order valence-electron chi connectivity index (χ3n) is 4.97. The molecule has 2 amide bonds. The Morgan fingerprint density at radius 2 is 2.04 bits per heavy atom. The molecule has 134 valence electrons. The molecule has 2 aromatic rings. The number of ether oxygens (including phenoxy) is 1. The molecule has 0 aliphatic carbocycles. The lowest BCUT2D eigenvalue weighted by Gasteiger charge is -2.18. The third kappa shape index (κ3) is 3.48. The van der Waals surface area contributed by atoms with Gasteiger partial charge in [-0.2, -0.15) is 0 Å². The van der Waals surface area contributed by atoms with Gasteiger partial charge in [0.25, 0.3) is 5.91 Å². The molecule has 0 spiro atoms. The van der Waals surface area contributed by atoms with Crippen molar-refractivity contribution in [1.82, 2.24) is 5.32 Å². The molecule has 0 saturated carbocycles. The minimum Gasteiger partial charge on any atom is -0.376 e. The highest BCUT2D eigenvalue weighted by atomic mass is 16.5. The number of rotatable bonds is 5. The molecule has 5 nitrogen and oxygen atoms in total. The number of nitrogens with one attached hydrogen (secondary N) is 1. The van der Waals surface area contributed by atoms with Crippen LogP contribution in [0.5, 0.6) is 0 Å². The highest BCUT2D eigenvalue weighted by Crippen LogP contribution is 2.31. The van der Waals surface area contributed by atoms with E-state index in [9.17, 15) is 9.59 Å². The maximum atomic E-state index is 12.4. The summed E-state index contributed by atoms with van der Waals surface area (Å²) in [6.45, 7) is 1.87. The molecule has 1 atom stereocenters. The molecule has 5 heteroatoms. The van der Waals surface area contributed by atoms with Crippen molar-refractivity contribution in [2.75, 3.05) is 18.1 Å². The number of benzene rings is 2. The van der Waals surface area contributed by atoms with Gasteiger partial charge in [0.1, 0.15) is 0 Å². The quantitative estimate of drug-likeness (QED) is 0.902. The molecule has 1 saturated heterocycles. The van der Waals surface area contributed by atoms with E-state index in [2.05, 4.69) is 5.32 Å². The summed E-state index contributed by atoms with van der Waals surface area (Å²) in [6, 6.07) is 15.4. The summed E-state index contributed by atoms with van der Waals surface area (Å²) in [6.07, 6.45) is 2.51. The Hall–Kier alpha value is -2.66. The highest BCUT2D eigenvalue weighted by Gasteiger charge is 2.28. The standard InChI is InChI=1S/C21H22N2O3/c24-20-12-17-11-16(21(25)22-13-18-7-4-10-26-18)8-9-19(17)23(20)14-15-5-2-1-3-6-15/h1-3,5-6,8-9,11,18H,4,7,10,12-14H2,(H,22,25)/t18-/m0/s1. The predicted molar refractivity (Wildman–Crippen MR) is 99.1 cm³/mol. The van der Waals surface area contributed by atoms with Gasteiger partial charge in [-0.25, -0.2) is 0 Å². The predicted octanol–water partition coefficient (Wildman–Crippen LogP) is 2.68. The van der Waals surface area contributed by atoms with E-state index < -0.39 is 0 Å². The van der Waals surface area contributed by atoms with E-state index in [0.29, 0.717) is 25.1 Å². The number of carbonyl (C=O) groups excluding carboxylic acids is 2. The van der Waals surface area contributed by atoms with Gasteiger partial charge in [0, 0.05) is 24.4 Å². The molecule has 2 aliphatic heterocycles. The second kappa shape index (κ2) is 7.30. The molecule has 26 heavy (non-hydrogen) atoms. The molecule has 4 rings (SSSR count). The Morgan fingerprint density at radius 3 is 2.81 bits per heavy atom. The van der Waals surface area contributed by atoms with Crippen LogP contribution < -0.4 is 10.2 Å². The minimum absolute atomic E-state index is 0.0702. The molecule has 0 radical (unpaired) electrons. The van der Waals surface area contributed by atoms with Gasteiger partial charge in [-0.15, -0.1) is 0 Å². The lowest BCUT2D eigenvalue weighted by Crippen LogP contribution is -2.31. The molecular weight excluding hydrogens is 328 g/mol. The fraction of sp³-hybridized carbons (Fsp3) is 0.333. The van der Waals surface area contributed by atoms with Crippen molar-refractivity contribution < 1.29 is 14.3 Å². The summed E-state index contributed by atoms with van der Waals surface area (Å²) < 4.78 is 5.53. The number of hydrogen-bond donors (Lipinski definition) is 1. The first-order valence-corrected chi connectivity index (χ1v) is 9.08. The summed E-state index contributed by atoms with van der Waals surface area (Å²) in [5.74, 6) is -0.0435. The smallest absolute Gasteiger partial charge is 0.251 e. The Kier molecular flexibility index (Phi) is 4.71. The van der Waals surface area contributed by atoms with Crippen LogP contribution in [0.3, 0.4) is 0 Å². The second-order valence-corrected chi connectivity index (χ2v) is 6.83. The van der Waals surface area contributed by atoms with Gasteiger partial charge in [-0.05, 0) is 42.2 Å². The lowest BCUT2D eigenvalue weighted by molar-refractivity contribution is -0.117. The van der Waals surface area contributed by atoms with Crippen molar-refractivity contribution in [1.29, 1.82) is 0 Å². The van der Waals surface area contributed by atoms with Crippen molar-refractivity contribution in [2.24, 2.45) is 0 Å². The first kappa shape index (κ1) is 16.8. The van der Waals surface area contributed by atoms with Crippen molar-refractivity contribution in [3.8, 4) is 0 Å². The summed E-state index contributed by atoms with van der Waals surface area (Å²) in [7, 11) is 0. The second-order valence-electron chi connectivity index (χ2n) is 6.83. The number of carbonyl (C=O) groups is 2. The van der Waals surface area contributed by atoms with E-state index in [1.54, 1.807) is 11.0 Å². The van der Waals surface area contributed by atoms with Gasteiger partial charge < -0.3 is 15.0 Å². The van der Waals surface area contributed by atoms with E-state index in [4.69, 9.17) is 4.74 Å². The van der Waals surface area contributed by atoms with Gasteiger partial charge in [-0.1, -0.05) is 30.3 Å². The molecule has 1 N–H and O–H groups in total. The van der Waals surface area contributed by atoms with Crippen LogP contribution in [0.15, 0.2) is 48.5 Å². The van der Waals surface area contributed by atoms with Crippen LogP contribution in [0.2, 0.25) is 0 Å². The van der Waals surface area contributed by atoms with Gasteiger partial charge in [0.05, 0.1) is 19.1 Å². The number of anilines is 1. The first-order valence-electron chi connectivity index (χ1n) is 9.08. The zero-order valence-corrected chi connectivity index (χ0v) is 14.6. The zero-order chi connectivity index (χ0) is 17.9. The van der Waals surface area contributed by atoms with Gasteiger partial charge >= 0.3 is 0 Å². The minimum atomic E-state index is -0.114. The molecule has 0 unspecified atom stereocenters. The maximum absolute atomic E-state index is 12.4. The Balaban J connectivity index is 1.46. The molecule has 1 fully saturated rings. The van der Waals surface area contributed by atoms with Crippen LogP contribution in [0.25, 0.3) is 0 Å². The number of amides is 2. The van der Waals surface area contributed by atoms with Gasteiger partial charge in [0.15, 0.2) is 0 Å². The maximum Gasteiger partial charge on any atom is 0.251 e. The summed E-state index contributed by atoms with van der Waals surface area (Å²) in [5, 5.41) is 2.93. The van der Waals surface area contributed by atoms with E-state index in [0.717, 1.165) is 36.3 Å². The largest absolute Gasteiger partial charge is 0.376 e. The normalized spacial score (nSPS) is 18.8. The Labute approximate surface area is 153 Å². The van der Waals surface area contributed by atoms with Crippen molar-refractivity contribution in [3.63, 3.8) is 0 Å². The first-order chi connectivity index (χ1) is 12.7. The summed E-state index contributed by atoms with van der Waals surface area (Å²) >= 11 is 0. The monoisotopic (exact) mass is 350 g/mol. The zero-order valence-electron chi connectivity index (χ0n) is 14.6. The van der Waals surface area contributed by atoms with Crippen molar-refractivity contribution >= 4 is 17.5 Å². The van der Waals surface area contributed by atoms with Crippen LogP contribution in [-0.2, 0) is 22.5 Å². The fourth-order valence-electron chi connectivity index (χ4n) is 3.58. The van der Waals surface area contributed by atoms with E-state index in [1.807, 2.05) is 42.5 Å². The van der Waals surface area contributed by atoms with Crippen LogP contribution in [0.1, 0.15) is 34.3 Å². The van der Waals surface area contributed by atoms with Crippen LogP contribution in [-0.4, -0.2) is 31.1 Å². The van der Waals surface area contributed by atoms with Gasteiger partial charge in [-0.3, -0.25) is 9.59 Å². The molecule has 0 aromatic heterocycles. The van der Waals surface area contributed by atoms with Crippen LogP contribution >= 0.6 is 0 Å². The average Bonchev–Trinajstić information content (AvgIpc) is 3.28. The van der Waals surface area contributed by atoms with Gasteiger partial charge in [0.2, 0.25) is 5.91 Å².